The summed E-state index contributed by atoms with van der Waals surface area (Å²) >= 11 is 1.79. The molecule has 0 atom stereocenters. The Kier molecular flexibility index (Phi) is 7.67. The Labute approximate surface area is 311 Å². The van der Waals surface area contributed by atoms with Gasteiger partial charge in [0.15, 0.2) is 17.5 Å². The first-order chi connectivity index (χ1) is 26.3. The molecule has 2 heterocycles. The van der Waals surface area contributed by atoms with Crippen LogP contribution in [0.25, 0.3) is 98.5 Å². The van der Waals surface area contributed by atoms with Gasteiger partial charge in [-0.05, 0) is 56.3 Å². The van der Waals surface area contributed by atoms with Crippen molar-refractivity contribution in [3.05, 3.63) is 188 Å². The predicted octanol–water partition coefficient (Wildman–Crippen LogP) is 13.4. The number of nitrogens with zero attached hydrogens (tertiary/aromatic N) is 3. The average Bonchev–Trinajstić information content (AvgIpc) is 3.63. The molecule has 0 aliphatic rings. The summed E-state index contributed by atoms with van der Waals surface area (Å²) < 4.78 is 2.42. The monoisotopic (exact) mass is 693 g/mol. The van der Waals surface area contributed by atoms with Crippen molar-refractivity contribution >= 4 is 42.3 Å². The molecule has 0 bridgehead atoms. The Morgan fingerprint density at radius 3 is 1.60 bits per heavy atom. The minimum Gasteiger partial charge on any atom is -0.208 e. The van der Waals surface area contributed by atoms with Crippen LogP contribution < -0.4 is 0 Å². The minimum absolute atomic E-state index is 0.638. The molecule has 0 fully saturated rings. The lowest BCUT2D eigenvalue weighted by Gasteiger charge is -2.19. The van der Waals surface area contributed by atoms with E-state index in [9.17, 15) is 0 Å². The molecular formula is C49H31N3S. The van der Waals surface area contributed by atoms with Gasteiger partial charge in [-0.2, -0.15) is 0 Å². The van der Waals surface area contributed by atoms with Crippen molar-refractivity contribution in [1.29, 1.82) is 0 Å². The van der Waals surface area contributed by atoms with Gasteiger partial charge in [-0.3, -0.25) is 0 Å². The fourth-order valence-electron chi connectivity index (χ4n) is 7.53. The van der Waals surface area contributed by atoms with Crippen LogP contribution in [0.5, 0.6) is 0 Å². The molecule has 0 radical (unpaired) electrons. The number of benzene rings is 8. The summed E-state index contributed by atoms with van der Waals surface area (Å²) in [5.74, 6) is 1.94. The summed E-state index contributed by atoms with van der Waals surface area (Å²) in [5.41, 5.74) is 9.82. The SMILES string of the molecule is c1ccc(-c2nc(-c3ccccc3-c3ccccc3-c3c(-c4ccccc4)ccc4ccccc34)nc(-c3cccc4c3sc3ccccc34)n2)cc1. The summed E-state index contributed by atoms with van der Waals surface area (Å²) in [7, 11) is 0. The van der Waals surface area contributed by atoms with E-state index in [0.717, 1.165) is 33.4 Å². The number of fused-ring (bicyclic) bond motifs is 4. The predicted molar refractivity (Wildman–Crippen MR) is 223 cm³/mol. The van der Waals surface area contributed by atoms with E-state index in [2.05, 4.69) is 170 Å². The molecule has 0 saturated heterocycles. The van der Waals surface area contributed by atoms with E-state index in [1.165, 1.54) is 47.6 Å². The highest BCUT2D eigenvalue weighted by Gasteiger charge is 2.21. The van der Waals surface area contributed by atoms with Gasteiger partial charge in [-0.25, -0.2) is 15.0 Å². The van der Waals surface area contributed by atoms with Crippen LogP contribution in [0.15, 0.2) is 188 Å². The van der Waals surface area contributed by atoms with Crippen LogP contribution in [0.1, 0.15) is 0 Å². The van der Waals surface area contributed by atoms with Gasteiger partial charge in [-0.1, -0.05) is 176 Å². The maximum atomic E-state index is 5.31. The van der Waals surface area contributed by atoms with Crippen molar-refractivity contribution < 1.29 is 0 Å². The Bertz CT molecular complexity index is 2950. The number of aromatic nitrogens is 3. The molecule has 0 saturated carbocycles. The quantitative estimate of drug-likeness (QED) is 0.174. The second-order valence-electron chi connectivity index (χ2n) is 13.1. The lowest BCUT2D eigenvalue weighted by Crippen LogP contribution is -2.01. The molecule has 4 heteroatoms. The van der Waals surface area contributed by atoms with Gasteiger partial charge in [0.05, 0.1) is 0 Å². The molecule has 0 N–H and O–H groups in total. The molecule has 8 aromatic carbocycles. The van der Waals surface area contributed by atoms with Crippen molar-refractivity contribution in [1.82, 2.24) is 15.0 Å². The lowest BCUT2D eigenvalue weighted by molar-refractivity contribution is 1.08. The maximum Gasteiger partial charge on any atom is 0.165 e. The minimum atomic E-state index is 0.638. The molecule has 248 valence electrons. The Morgan fingerprint density at radius 1 is 0.302 bits per heavy atom. The molecular weight excluding hydrogens is 663 g/mol. The number of rotatable bonds is 6. The van der Waals surface area contributed by atoms with Gasteiger partial charge in [-0.15, -0.1) is 11.3 Å². The van der Waals surface area contributed by atoms with E-state index in [-0.39, 0.29) is 0 Å². The Balaban J connectivity index is 1.22. The lowest BCUT2D eigenvalue weighted by atomic mass is 9.85. The molecule has 10 aromatic rings. The third kappa shape index (κ3) is 5.48. The summed E-state index contributed by atoms with van der Waals surface area (Å²) in [6.07, 6.45) is 0. The molecule has 3 nitrogen and oxygen atoms in total. The number of hydrogen-bond acceptors (Lipinski definition) is 4. The molecule has 2 aromatic heterocycles. The topological polar surface area (TPSA) is 38.7 Å². The first kappa shape index (κ1) is 31.0. The zero-order valence-electron chi connectivity index (χ0n) is 28.6. The van der Waals surface area contributed by atoms with Gasteiger partial charge in [0, 0.05) is 36.9 Å². The molecule has 10 rings (SSSR count). The normalized spacial score (nSPS) is 11.4. The van der Waals surface area contributed by atoms with Gasteiger partial charge in [0.25, 0.3) is 0 Å². The van der Waals surface area contributed by atoms with Crippen LogP contribution in [0.4, 0.5) is 0 Å². The molecule has 0 aliphatic carbocycles. The van der Waals surface area contributed by atoms with Gasteiger partial charge in [0.2, 0.25) is 0 Å². The van der Waals surface area contributed by atoms with E-state index >= 15 is 0 Å². The first-order valence-corrected chi connectivity index (χ1v) is 18.6. The standard InChI is InChI=1S/C49H31N3S/c1-3-16-32(17-4-1)36-31-30-33-18-7-8-21-35(33)45(36)40-25-11-9-22-37(40)38-23-10-12-26-42(38)48-50-47(34-19-5-2-6-20-34)51-49(52-48)43-28-15-27-41-39-24-13-14-29-44(39)53-46(41)43/h1-31H. The Hall–Kier alpha value is -6.75. The van der Waals surface area contributed by atoms with Crippen LogP contribution in [0.3, 0.4) is 0 Å². The summed E-state index contributed by atoms with van der Waals surface area (Å²) in [5, 5.41) is 4.88. The van der Waals surface area contributed by atoms with Gasteiger partial charge >= 0.3 is 0 Å². The molecule has 0 unspecified atom stereocenters. The summed E-state index contributed by atoms with van der Waals surface area (Å²) in [4.78, 5) is 15.7. The third-order valence-corrected chi connectivity index (χ3v) is 11.2. The van der Waals surface area contributed by atoms with E-state index in [1.54, 1.807) is 11.3 Å². The zero-order valence-corrected chi connectivity index (χ0v) is 29.5. The Morgan fingerprint density at radius 2 is 0.830 bits per heavy atom. The maximum absolute atomic E-state index is 5.31. The number of hydrogen-bond donors (Lipinski definition) is 0. The fourth-order valence-corrected chi connectivity index (χ4v) is 8.74. The first-order valence-electron chi connectivity index (χ1n) is 17.8. The second kappa shape index (κ2) is 13.1. The molecule has 53 heavy (non-hydrogen) atoms. The molecule has 0 aliphatic heterocycles. The summed E-state index contributed by atoms with van der Waals surface area (Å²) in [6.45, 7) is 0. The highest BCUT2D eigenvalue weighted by atomic mass is 32.1. The van der Waals surface area contributed by atoms with E-state index in [0.29, 0.717) is 17.5 Å². The summed E-state index contributed by atoms with van der Waals surface area (Å²) in [6, 6.07) is 66.3. The number of thiophene rings is 1. The smallest absolute Gasteiger partial charge is 0.165 e. The van der Waals surface area contributed by atoms with Crippen molar-refractivity contribution in [2.75, 3.05) is 0 Å². The van der Waals surface area contributed by atoms with Crippen molar-refractivity contribution in [2.24, 2.45) is 0 Å². The fraction of sp³-hybridized carbons (Fsp3) is 0. The van der Waals surface area contributed by atoms with Crippen LogP contribution in [0.2, 0.25) is 0 Å². The highest BCUT2D eigenvalue weighted by Crippen LogP contribution is 2.45. The van der Waals surface area contributed by atoms with Gasteiger partial charge < -0.3 is 0 Å². The van der Waals surface area contributed by atoms with E-state index < -0.39 is 0 Å². The average molecular weight is 694 g/mol. The van der Waals surface area contributed by atoms with Crippen molar-refractivity contribution in [2.45, 2.75) is 0 Å². The molecule has 0 amide bonds. The van der Waals surface area contributed by atoms with Crippen LogP contribution in [-0.4, -0.2) is 15.0 Å². The second-order valence-corrected chi connectivity index (χ2v) is 14.2. The largest absolute Gasteiger partial charge is 0.208 e. The highest BCUT2D eigenvalue weighted by molar-refractivity contribution is 7.26. The van der Waals surface area contributed by atoms with Crippen molar-refractivity contribution in [3.8, 4) is 67.5 Å². The zero-order chi connectivity index (χ0) is 35.1. The van der Waals surface area contributed by atoms with Crippen LogP contribution >= 0.6 is 11.3 Å². The van der Waals surface area contributed by atoms with Crippen molar-refractivity contribution in [3.63, 3.8) is 0 Å². The van der Waals surface area contributed by atoms with Gasteiger partial charge in [0.1, 0.15) is 0 Å². The van der Waals surface area contributed by atoms with E-state index in [1.807, 2.05) is 18.2 Å². The third-order valence-electron chi connectivity index (χ3n) is 9.98. The van der Waals surface area contributed by atoms with E-state index in [4.69, 9.17) is 15.0 Å². The van der Waals surface area contributed by atoms with Crippen LogP contribution in [0, 0.1) is 0 Å². The molecule has 0 spiro atoms. The van der Waals surface area contributed by atoms with Crippen LogP contribution in [-0.2, 0) is 0 Å².